The van der Waals surface area contributed by atoms with Crippen molar-refractivity contribution in [1.29, 1.82) is 0 Å². The number of carbonyl (C=O) groups excluding carboxylic acids is 1. The average molecular weight is 217 g/mol. The van der Waals surface area contributed by atoms with Crippen molar-refractivity contribution in [1.82, 2.24) is 0 Å². The Hall–Kier alpha value is -2.48. The third kappa shape index (κ3) is 3.35. The second-order valence-corrected chi connectivity index (χ2v) is 3.01. The van der Waals surface area contributed by atoms with Gasteiger partial charge in [0.2, 0.25) is 5.91 Å². The van der Waals surface area contributed by atoms with Crippen LogP contribution in [-0.4, -0.2) is 17.0 Å². The average Bonchev–Trinajstić information content (AvgIpc) is 2.28. The number of nitrogens with zero attached hydrogens (tertiary/aromatic N) is 1. The first kappa shape index (κ1) is 11.6. The SMILES string of the molecule is NC(=O)CC#Cc1ccc(C(N)=NO)cc1. The molecule has 5 N–H and O–H groups in total. The minimum Gasteiger partial charge on any atom is -0.409 e. The minimum atomic E-state index is -0.458. The van der Waals surface area contributed by atoms with Crippen molar-refractivity contribution in [3.63, 3.8) is 0 Å². The molecule has 5 heteroatoms. The van der Waals surface area contributed by atoms with E-state index in [1.807, 2.05) is 0 Å². The quantitative estimate of drug-likeness (QED) is 0.214. The maximum absolute atomic E-state index is 10.4. The lowest BCUT2D eigenvalue weighted by molar-refractivity contribution is -0.117. The van der Waals surface area contributed by atoms with Crippen LogP contribution in [-0.2, 0) is 4.79 Å². The second kappa shape index (κ2) is 5.41. The van der Waals surface area contributed by atoms with Crippen molar-refractivity contribution >= 4 is 11.7 Å². The van der Waals surface area contributed by atoms with Gasteiger partial charge in [-0.2, -0.15) is 0 Å². The molecule has 0 spiro atoms. The van der Waals surface area contributed by atoms with Crippen molar-refractivity contribution < 1.29 is 10.0 Å². The van der Waals surface area contributed by atoms with Gasteiger partial charge in [0.05, 0.1) is 6.42 Å². The fourth-order valence-corrected chi connectivity index (χ4v) is 1.02. The first-order chi connectivity index (χ1) is 7.63. The predicted molar refractivity (Wildman–Crippen MR) is 59.6 cm³/mol. The molecule has 0 fully saturated rings. The van der Waals surface area contributed by atoms with Gasteiger partial charge in [0.1, 0.15) is 0 Å². The molecule has 1 aromatic rings. The molecule has 0 atom stereocenters. The van der Waals surface area contributed by atoms with E-state index >= 15 is 0 Å². The first-order valence-corrected chi connectivity index (χ1v) is 4.48. The molecule has 0 aliphatic heterocycles. The number of primary amides is 1. The molecule has 1 amide bonds. The highest BCUT2D eigenvalue weighted by atomic mass is 16.4. The zero-order chi connectivity index (χ0) is 12.0. The molecule has 0 saturated heterocycles. The largest absolute Gasteiger partial charge is 0.409 e. The fourth-order valence-electron chi connectivity index (χ4n) is 1.02. The topological polar surface area (TPSA) is 102 Å². The molecular weight excluding hydrogens is 206 g/mol. The molecule has 0 unspecified atom stereocenters. The summed E-state index contributed by atoms with van der Waals surface area (Å²) in [5.41, 5.74) is 11.7. The predicted octanol–water partition coefficient (Wildman–Crippen LogP) is 0.00800. The van der Waals surface area contributed by atoms with Crippen LogP contribution in [0.2, 0.25) is 0 Å². The molecule has 82 valence electrons. The van der Waals surface area contributed by atoms with Gasteiger partial charge >= 0.3 is 0 Å². The van der Waals surface area contributed by atoms with E-state index < -0.39 is 5.91 Å². The molecule has 16 heavy (non-hydrogen) atoms. The molecule has 0 aromatic heterocycles. The Morgan fingerprint density at radius 1 is 1.31 bits per heavy atom. The van der Waals surface area contributed by atoms with E-state index in [0.29, 0.717) is 5.56 Å². The normalized spacial score (nSPS) is 10.4. The summed E-state index contributed by atoms with van der Waals surface area (Å²) in [6.45, 7) is 0. The summed E-state index contributed by atoms with van der Waals surface area (Å²) >= 11 is 0. The number of oxime groups is 1. The van der Waals surface area contributed by atoms with Crippen molar-refractivity contribution in [2.75, 3.05) is 0 Å². The molecule has 5 nitrogen and oxygen atoms in total. The smallest absolute Gasteiger partial charge is 0.229 e. The van der Waals surface area contributed by atoms with E-state index in [0.717, 1.165) is 5.56 Å². The summed E-state index contributed by atoms with van der Waals surface area (Å²) < 4.78 is 0. The van der Waals surface area contributed by atoms with Gasteiger partial charge in [0.25, 0.3) is 0 Å². The Labute approximate surface area is 92.7 Å². The van der Waals surface area contributed by atoms with Gasteiger partial charge in [-0.25, -0.2) is 0 Å². The van der Waals surface area contributed by atoms with E-state index in [2.05, 4.69) is 17.0 Å². The molecule has 0 heterocycles. The van der Waals surface area contributed by atoms with Crippen LogP contribution in [0.25, 0.3) is 0 Å². The highest BCUT2D eigenvalue weighted by Gasteiger charge is 1.97. The van der Waals surface area contributed by atoms with E-state index in [1.54, 1.807) is 24.3 Å². The van der Waals surface area contributed by atoms with Crippen LogP contribution in [0.15, 0.2) is 29.4 Å². The number of amidine groups is 1. The van der Waals surface area contributed by atoms with Crippen LogP contribution in [0.1, 0.15) is 17.5 Å². The van der Waals surface area contributed by atoms with Crippen LogP contribution >= 0.6 is 0 Å². The first-order valence-electron chi connectivity index (χ1n) is 4.48. The lowest BCUT2D eigenvalue weighted by Gasteiger charge is -1.97. The fraction of sp³-hybridized carbons (Fsp3) is 0.0909. The number of nitrogens with two attached hydrogens (primary N) is 2. The summed E-state index contributed by atoms with van der Waals surface area (Å²) in [6.07, 6.45) is 0.0298. The Morgan fingerprint density at radius 2 is 1.94 bits per heavy atom. The van der Waals surface area contributed by atoms with E-state index in [-0.39, 0.29) is 12.3 Å². The second-order valence-electron chi connectivity index (χ2n) is 3.01. The highest BCUT2D eigenvalue weighted by molar-refractivity contribution is 5.97. The van der Waals surface area contributed by atoms with Crippen molar-refractivity contribution in [2.45, 2.75) is 6.42 Å². The molecule has 0 saturated carbocycles. The van der Waals surface area contributed by atoms with Crippen LogP contribution in [0.3, 0.4) is 0 Å². The Morgan fingerprint density at radius 3 is 2.44 bits per heavy atom. The molecule has 0 radical (unpaired) electrons. The van der Waals surface area contributed by atoms with Crippen molar-refractivity contribution in [2.24, 2.45) is 16.6 Å². The lowest BCUT2D eigenvalue weighted by Crippen LogP contribution is -2.12. The summed E-state index contributed by atoms with van der Waals surface area (Å²) in [5.74, 6) is 4.98. The highest BCUT2D eigenvalue weighted by Crippen LogP contribution is 2.02. The van der Waals surface area contributed by atoms with Crippen LogP contribution in [0.4, 0.5) is 0 Å². The molecule has 0 aliphatic carbocycles. The van der Waals surface area contributed by atoms with Gasteiger partial charge in [-0.3, -0.25) is 4.79 Å². The summed E-state index contributed by atoms with van der Waals surface area (Å²) in [6, 6.07) is 6.76. The molecule has 1 rings (SSSR count). The monoisotopic (exact) mass is 217 g/mol. The Kier molecular flexibility index (Phi) is 3.92. The van der Waals surface area contributed by atoms with Crippen LogP contribution in [0.5, 0.6) is 0 Å². The number of hydrogen-bond acceptors (Lipinski definition) is 3. The zero-order valence-electron chi connectivity index (χ0n) is 8.47. The van der Waals surface area contributed by atoms with Gasteiger partial charge in [-0.1, -0.05) is 17.0 Å². The molecule has 0 bridgehead atoms. The van der Waals surface area contributed by atoms with Gasteiger partial charge < -0.3 is 16.7 Å². The van der Waals surface area contributed by atoms with E-state index in [1.165, 1.54) is 0 Å². The van der Waals surface area contributed by atoms with Gasteiger partial charge in [0, 0.05) is 11.1 Å². The summed E-state index contributed by atoms with van der Waals surface area (Å²) in [5, 5.41) is 11.3. The number of hydrogen-bond donors (Lipinski definition) is 3. The molecule has 1 aromatic carbocycles. The van der Waals surface area contributed by atoms with Gasteiger partial charge in [-0.05, 0) is 24.3 Å². The maximum atomic E-state index is 10.4. The van der Waals surface area contributed by atoms with Gasteiger partial charge in [-0.15, -0.1) is 0 Å². The van der Waals surface area contributed by atoms with Gasteiger partial charge in [0.15, 0.2) is 5.84 Å². The number of carbonyl (C=O) groups is 1. The Bertz CT molecular complexity index is 466. The standard InChI is InChI=1S/C11H11N3O2/c12-10(15)3-1-2-8-4-6-9(7-5-8)11(13)14-16/h4-7,16H,3H2,(H2,12,15)(H2,13,14). The third-order valence-corrected chi connectivity index (χ3v) is 1.78. The molecular formula is C11H11N3O2. The summed E-state index contributed by atoms with van der Waals surface area (Å²) in [7, 11) is 0. The molecule has 0 aliphatic rings. The third-order valence-electron chi connectivity index (χ3n) is 1.78. The number of benzene rings is 1. The lowest BCUT2D eigenvalue weighted by atomic mass is 10.1. The number of rotatable bonds is 2. The minimum absolute atomic E-state index is 0.0298. The van der Waals surface area contributed by atoms with Crippen LogP contribution < -0.4 is 11.5 Å². The Balaban J connectivity index is 2.78. The van der Waals surface area contributed by atoms with E-state index in [9.17, 15) is 4.79 Å². The van der Waals surface area contributed by atoms with Crippen LogP contribution in [0, 0.1) is 11.8 Å². The maximum Gasteiger partial charge on any atom is 0.229 e. The number of amides is 1. The van der Waals surface area contributed by atoms with Crippen molar-refractivity contribution in [3.8, 4) is 11.8 Å². The zero-order valence-corrected chi connectivity index (χ0v) is 8.47. The van der Waals surface area contributed by atoms with Crippen molar-refractivity contribution in [3.05, 3.63) is 35.4 Å². The van der Waals surface area contributed by atoms with E-state index in [4.69, 9.17) is 16.7 Å². The summed E-state index contributed by atoms with van der Waals surface area (Å²) in [4.78, 5) is 10.4.